The van der Waals surface area contributed by atoms with Gasteiger partial charge in [0.1, 0.15) is 6.04 Å². The molecule has 0 fully saturated rings. The number of amides is 3. The molecule has 1 unspecified atom stereocenters. The molecule has 3 rings (SSSR count). The van der Waals surface area contributed by atoms with Crippen molar-refractivity contribution in [3.05, 3.63) is 95.0 Å². The number of hydrogen-bond donors (Lipinski definition) is 2. The number of carboxylic acid groups (broad SMARTS) is 1. The number of para-hydroxylation sites is 1. The molecule has 3 amide bonds. The Kier molecular flexibility index (Phi) is 7.46. The van der Waals surface area contributed by atoms with Gasteiger partial charge in [0, 0.05) is 16.4 Å². The van der Waals surface area contributed by atoms with Crippen molar-refractivity contribution in [2.45, 2.75) is 13.0 Å². The van der Waals surface area contributed by atoms with Crippen molar-refractivity contribution in [3.8, 4) is 0 Å². The number of halogens is 1. The number of nitrogens with one attached hydrogen (secondary N) is 2. The number of benzene rings is 3. The maximum absolute atomic E-state index is 13.1. The lowest BCUT2D eigenvalue weighted by Crippen LogP contribution is -2.48. The van der Waals surface area contributed by atoms with E-state index < -0.39 is 30.5 Å². The highest BCUT2D eigenvalue weighted by Gasteiger charge is 2.29. The summed E-state index contributed by atoms with van der Waals surface area (Å²) in [6.07, 6.45) is 0. The third-order valence-electron chi connectivity index (χ3n) is 4.66. The Morgan fingerprint density at radius 2 is 1.66 bits per heavy atom. The van der Waals surface area contributed by atoms with Crippen LogP contribution in [0, 0.1) is 6.92 Å². The zero-order valence-corrected chi connectivity index (χ0v) is 18.0. The van der Waals surface area contributed by atoms with Crippen LogP contribution >= 0.6 is 11.6 Å². The number of nitrogens with zero attached hydrogens (tertiary/aromatic N) is 1. The van der Waals surface area contributed by atoms with E-state index in [9.17, 15) is 19.5 Å². The molecule has 0 saturated carbocycles. The number of carbonyl (C=O) groups is 3. The lowest BCUT2D eigenvalue weighted by atomic mass is 10.0. The van der Waals surface area contributed by atoms with Gasteiger partial charge in [0.15, 0.2) is 0 Å². The molecule has 3 aromatic rings. The van der Waals surface area contributed by atoms with Crippen molar-refractivity contribution in [1.29, 1.82) is 0 Å². The predicted octanol–water partition coefficient (Wildman–Crippen LogP) is 3.29. The summed E-state index contributed by atoms with van der Waals surface area (Å²) in [7, 11) is 0. The van der Waals surface area contributed by atoms with Gasteiger partial charge in [0.25, 0.3) is 0 Å². The Morgan fingerprint density at radius 3 is 2.31 bits per heavy atom. The summed E-state index contributed by atoms with van der Waals surface area (Å²) in [6, 6.07) is 19.7. The van der Waals surface area contributed by atoms with Crippen LogP contribution in [0.3, 0.4) is 0 Å². The van der Waals surface area contributed by atoms with Gasteiger partial charge in [-0.05, 0) is 48.4 Å². The Labute approximate surface area is 190 Å². The van der Waals surface area contributed by atoms with Crippen molar-refractivity contribution in [3.63, 3.8) is 0 Å². The number of rotatable bonds is 7. The van der Waals surface area contributed by atoms with Crippen molar-refractivity contribution >= 4 is 40.9 Å². The van der Waals surface area contributed by atoms with E-state index in [0.717, 1.165) is 10.5 Å². The zero-order chi connectivity index (χ0) is 23.1. The zero-order valence-electron chi connectivity index (χ0n) is 17.2. The number of aryl methyl sites for hydroxylation is 1. The molecule has 0 bridgehead atoms. The first kappa shape index (κ1) is 22.8. The number of hydrogen-bond acceptors (Lipinski definition) is 4. The van der Waals surface area contributed by atoms with Crippen molar-refractivity contribution in [2.75, 3.05) is 16.8 Å². The second kappa shape index (κ2) is 10.5. The highest BCUT2D eigenvalue weighted by molar-refractivity contribution is 6.31. The first-order valence-corrected chi connectivity index (χ1v) is 10.2. The van der Waals surface area contributed by atoms with E-state index >= 15 is 0 Å². The minimum Gasteiger partial charge on any atom is -0.547 e. The van der Waals surface area contributed by atoms with Crippen LogP contribution in [0.15, 0.2) is 78.9 Å². The standard InChI is InChI=1S/C24H22ClN3O4/c1-16-8-7-9-17(14-16)27-24(32)26-15-21(29)28(18-10-3-2-4-11-18)22(23(30)31)19-12-5-6-13-20(19)25/h2-14,22H,15H2,1H3,(H,30,31)(H2,26,27,32)/p-1. The molecule has 1 atom stereocenters. The van der Waals surface area contributed by atoms with E-state index in [1.165, 1.54) is 12.1 Å². The molecular weight excluding hydrogens is 430 g/mol. The molecule has 0 radical (unpaired) electrons. The Hall–Kier alpha value is -3.84. The van der Waals surface area contributed by atoms with Gasteiger partial charge in [0.05, 0.1) is 12.5 Å². The van der Waals surface area contributed by atoms with Crippen LogP contribution in [0.4, 0.5) is 16.2 Å². The molecule has 0 aliphatic rings. The first-order valence-electron chi connectivity index (χ1n) is 9.80. The van der Waals surface area contributed by atoms with Gasteiger partial charge in [-0.15, -0.1) is 0 Å². The summed E-state index contributed by atoms with van der Waals surface area (Å²) in [4.78, 5) is 38.6. The SMILES string of the molecule is Cc1cccc(NC(=O)NCC(=O)N(c2ccccc2)C(C(=O)[O-])c2ccccc2Cl)c1. The Bertz CT molecular complexity index is 1120. The smallest absolute Gasteiger partial charge is 0.319 e. The molecular formula is C24H21ClN3O4-. The molecule has 0 spiro atoms. The van der Waals surface area contributed by atoms with Gasteiger partial charge < -0.3 is 20.5 Å². The van der Waals surface area contributed by atoms with Crippen LogP contribution in [0.2, 0.25) is 5.02 Å². The molecule has 164 valence electrons. The molecule has 7 nitrogen and oxygen atoms in total. The molecule has 0 saturated heterocycles. The van der Waals surface area contributed by atoms with Gasteiger partial charge in [-0.3, -0.25) is 9.69 Å². The average molecular weight is 451 g/mol. The minimum absolute atomic E-state index is 0.181. The van der Waals surface area contributed by atoms with Crippen LogP contribution in [0.1, 0.15) is 17.2 Å². The number of carbonyl (C=O) groups excluding carboxylic acids is 3. The van der Waals surface area contributed by atoms with Gasteiger partial charge in [-0.2, -0.15) is 0 Å². The molecule has 0 heterocycles. The van der Waals surface area contributed by atoms with E-state index in [1.54, 1.807) is 60.7 Å². The predicted molar refractivity (Wildman–Crippen MR) is 121 cm³/mol. The van der Waals surface area contributed by atoms with Crippen LogP contribution in [-0.4, -0.2) is 24.5 Å². The summed E-state index contributed by atoms with van der Waals surface area (Å²) >= 11 is 6.22. The molecule has 0 aromatic heterocycles. The van der Waals surface area contributed by atoms with Crippen molar-refractivity contribution in [1.82, 2.24) is 5.32 Å². The molecule has 32 heavy (non-hydrogen) atoms. The maximum atomic E-state index is 13.1. The number of carboxylic acids is 1. The summed E-state index contributed by atoms with van der Waals surface area (Å²) in [5, 5.41) is 17.4. The van der Waals surface area contributed by atoms with Crippen molar-refractivity contribution < 1.29 is 19.5 Å². The summed E-state index contributed by atoms with van der Waals surface area (Å²) in [5.74, 6) is -2.15. The highest BCUT2D eigenvalue weighted by Crippen LogP contribution is 2.31. The number of urea groups is 1. The quantitative estimate of drug-likeness (QED) is 0.576. The molecule has 0 aliphatic carbocycles. The fourth-order valence-electron chi connectivity index (χ4n) is 3.23. The third kappa shape index (κ3) is 5.65. The van der Waals surface area contributed by atoms with Crippen LogP contribution < -0.4 is 20.6 Å². The third-order valence-corrected chi connectivity index (χ3v) is 5.00. The molecule has 8 heteroatoms. The monoisotopic (exact) mass is 450 g/mol. The average Bonchev–Trinajstić information content (AvgIpc) is 2.77. The number of anilines is 2. The van der Waals surface area contributed by atoms with Crippen molar-refractivity contribution in [2.24, 2.45) is 0 Å². The van der Waals surface area contributed by atoms with E-state index in [4.69, 9.17) is 11.6 Å². The van der Waals surface area contributed by atoms with Crippen LogP contribution in [0.25, 0.3) is 0 Å². The van der Waals surface area contributed by atoms with Gasteiger partial charge in [0.2, 0.25) is 5.91 Å². The Morgan fingerprint density at radius 1 is 0.969 bits per heavy atom. The lowest BCUT2D eigenvalue weighted by molar-refractivity contribution is -0.307. The fraction of sp³-hybridized carbons (Fsp3) is 0.125. The second-order valence-corrected chi connectivity index (χ2v) is 7.43. The van der Waals surface area contributed by atoms with E-state index in [2.05, 4.69) is 10.6 Å². The summed E-state index contributed by atoms with van der Waals surface area (Å²) in [6.45, 7) is 1.44. The molecule has 2 N–H and O–H groups in total. The second-order valence-electron chi connectivity index (χ2n) is 7.02. The van der Waals surface area contributed by atoms with E-state index in [1.807, 2.05) is 13.0 Å². The van der Waals surface area contributed by atoms with E-state index in [-0.39, 0.29) is 10.6 Å². The van der Waals surface area contributed by atoms with Gasteiger partial charge >= 0.3 is 6.03 Å². The molecule has 0 aliphatic heterocycles. The van der Waals surface area contributed by atoms with Crippen LogP contribution in [-0.2, 0) is 9.59 Å². The topological polar surface area (TPSA) is 102 Å². The van der Waals surface area contributed by atoms with Gasteiger partial charge in [-0.1, -0.05) is 60.1 Å². The maximum Gasteiger partial charge on any atom is 0.319 e. The summed E-state index contributed by atoms with van der Waals surface area (Å²) < 4.78 is 0. The number of aliphatic carboxylic acids is 1. The molecule has 3 aromatic carbocycles. The normalized spacial score (nSPS) is 11.3. The fourth-order valence-corrected chi connectivity index (χ4v) is 3.47. The summed E-state index contributed by atoms with van der Waals surface area (Å²) in [5.41, 5.74) is 2.06. The van der Waals surface area contributed by atoms with E-state index in [0.29, 0.717) is 11.4 Å². The minimum atomic E-state index is -1.50. The first-order chi connectivity index (χ1) is 15.4. The highest BCUT2D eigenvalue weighted by atomic mass is 35.5. The van der Waals surface area contributed by atoms with Crippen LogP contribution in [0.5, 0.6) is 0 Å². The Balaban J connectivity index is 1.84. The lowest BCUT2D eigenvalue weighted by Gasteiger charge is -2.33. The largest absolute Gasteiger partial charge is 0.547 e. The van der Waals surface area contributed by atoms with Gasteiger partial charge in [-0.25, -0.2) is 4.79 Å².